The molecule has 6 aliphatic rings. The molecular weight excluding hydrogens is 894 g/mol. The van der Waals surface area contributed by atoms with Crippen molar-refractivity contribution < 1.29 is 0 Å². The van der Waals surface area contributed by atoms with Gasteiger partial charge in [0, 0.05) is 50.9 Å². The van der Waals surface area contributed by atoms with Gasteiger partial charge in [0.1, 0.15) is 0 Å². The summed E-state index contributed by atoms with van der Waals surface area (Å²) in [5, 5.41) is 0. The maximum atomic E-state index is 2.83. The van der Waals surface area contributed by atoms with Gasteiger partial charge in [0.2, 0.25) is 0 Å². The highest BCUT2D eigenvalue weighted by atomic mass is 15.3. The van der Waals surface area contributed by atoms with E-state index in [1.807, 2.05) is 0 Å². The normalized spacial score (nSPS) is 21.6. The fourth-order valence-corrected chi connectivity index (χ4v) is 15.2. The maximum absolute atomic E-state index is 2.83. The van der Waals surface area contributed by atoms with Crippen LogP contribution in [-0.2, 0) is 59.3 Å². The molecule has 2 unspecified atom stereocenters. The summed E-state index contributed by atoms with van der Waals surface area (Å²) in [4.78, 5) is 8.26. The summed E-state index contributed by atoms with van der Waals surface area (Å²) in [5.74, 6) is 0. The van der Waals surface area contributed by atoms with Crippen LogP contribution in [0.1, 0.15) is 166 Å². The van der Waals surface area contributed by atoms with Crippen LogP contribution in [0.3, 0.4) is 0 Å². The van der Waals surface area contributed by atoms with E-state index in [2.05, 4.69) is 246 Å². The molecule has 0 saturated carbocycles. The first kappa shape index (κ1) is 47.7. The molecule has 0 aromatic heterocycles. The molecule has 0 radical (unpaired) electrons. The van der Waals surface area contributed by atoms with Gasteiger partial charge in [-0.15, -0.1) is 0 Å². The summed E-state index contributed by atoms with van der Waals surface area (Å²) < 4.78 is 0. The van der Waals surface area contributed by atoms with Crippen LogP contribution in [0, 0.1) is 10.8 Å². The standard InChI is InChI=1S/C70H78BN3/c1-64(2,3)48-20-18-21-51(34-48)72-60-36-50(66(7,8)9)24-27-56(60)71-57-32-46-41-68(12,13)42-47(46)33-59(57)73(52-26-23-44-39-67(10,11)40-45(44)31-52)62-38-53(37-61(72)63(62)71)74-58-28-25-49(65(4,5)6)35-55(58)69(14)30-29-43-19-16-17-22-54(43)70(69,74)15/h16-28,31-38H,29-30,39-42H2,1-15H3. The monoisotopic (exact) mass is 972 g/mol. The zero-order valence-electron chi connectivity index (χ0n) is 47.3. The molecule has 0 saturated heterocycles. The molecule has 0 fully saturated rings. The third-order valence-corrected chi connectivity index (χ3v) is 19.2. The van der Waals surface area contributed by atoms with Crippen molar-refractivity contribution in [3.05, 3.63) is 183 Å². The maximum Gasteiger partial charge on any atom is 0.252 e. The Morgan fingerprint density at radius 3 is 1.65 bits per heavy atom. The molecule has 3 heterocycles. The Hall–Kier alpha value is -6.00. The van der Waals surface area contributed by atoms with E-state index in [0.29, 0.717) is 0 Å². The van der Waals surface area contributed by atoms with Crippen molar-refractivity contribution in [2.24, 2.45) is 10.8 Å². The third kappa shape index (κ3) is 6.90. The minimum Gasteiger partial charge on any atom is -0.330 e. The van der Waals surface area contributed by atoms with Gasteiger partial charge in [-0.2, -0.15) is 0 Å². The quantitative estimate of drug-likeness (QED) is 0.163. The Balaban J connectivity index is 1.18. The fourth-order valence-electron chi connectivity index (χ4n) is 15.2. The number of anilines is 8. The Morgan fingerprint density at radius 2 is 0.973 bits per heavy atom. The van der Waals surface area contributed by atoms with Crippen LogP contribution in [-0.4, -0.2) is 6.71 Å². The highest BCUT2D eigenvalue weighted by Gasteiger charge is 2.60. The van der Waals surface area contributed by atoms with Gasteiger partial charge >= 0.3 is 0 Å². The second-order valence-electron chi connectivity index (χ2n) is 28.9. The van der Waals surface area contributed by atoms with Gasteiger partial charge in [-0.1, -0.05) is 170 Å². The van der Waals surface area contributed by atoms with Crippen molar-refractivity contribution in [1.29, 1.82) is 0 Å². The molecular formula is C70H78BN3. The van der Waals surface area contributed by atoms with Gasteiger partial charge in [0.15, 0.2) is 0 Å². The van der Waals surface area contributed by atoms with Crippen molar-refractivity contribution in [2.75, 3.05) is 14.7 Å². The van der Waals surface area contributed by atoms with E-state index >= 15 is 0 Å². The molecule has 7 aromatic carbocycles. The zero-order chi connectivity index (χ0) is 52.0. The molecule has 0 bridgehead atoms. The minimum absolute atomic E-state index is 0.0164. The average Bonchev–Trinajstić information content (AvgIpc) is 3.96. The van der Waals surface area contributed by atoms with Crippen molar-refractivity contribution in [3.63, 3.8) is 0 Å². The molecule has 3 nitrogen and oxygen atoms in total. The number of rotatable bonds is 3. The lowest BCUT2D eigenvalue weighted by molar-refractivity contribution is 0.245. The largest absolute Gasteiger partial charge is 0.330 e. The molecule has 2 atom stereocenters. The number of hydrogen-bond acceptors (Lipinski definition) is 3. The van der Waals surface area contributed by atoms with E-state index in [1.54, 1.807) is 0 Å². The van der Waals surface area contributed by atoms with Crippen LogP contribution < -0.4 is 31.1 Å². The first-order chi connectivity index (χ1) is 34.7. The van der Waals surface area contributed by atoms with Crippen molar-refractivity contribution in [3.8, 4) is 0 Å². The second kappa shape index (κ2) is 15.3. The van der Waals surface area contributed by atoms with Gasteiger partial charge < -0.3 is 14.7 Å². The Kier molecular flexibility index (Phi) is 9.88. The Morgan fingerprint density at radius 1 is 0.405 bits per heavy atom. The Bertz CT molecular complexity index is 3530. The van der Waals surface area contributed by atoms with Crippen LogP contribution in [0.25, 0.3) is 0 Å². The minimum atomic E-state index is -0.382. The fraction of sp³-hybridized carbons (Fsp3) is 0.400. The highest BCUT2D eigenvalue weighted by molar-refractivity contribution is 7.00. The lowest BCUT2D eigenvalue weighted by atomic mass is 9.33. The number of benzene rings is 7. The van der Waals surface area contributed by atoms with Crippen LogP contribution >= 0.6 is 0 Å². The van der Waals surface area contributed by atoms with E-state index < -0.39 is 0 Å². The van der Waals surface area contributed by atoms with E-state index in [0.717, 1.165) is 38.5 Å². The molecule has 13 rings (SSSR count). The van der Waals surface area contributed by atoms with Gasteiger partial charge in [-0.05, 0) is 199 Å². The molecule has 4 heteroatoms. The number of fused-ring (bicyclic) bond motifs is 11. The third-order valence-electron chi connectivity index (χ3n) is 19.2. The van der Waals surface area contributed by atoms with Gasteiger partial charge in [-0.3, -0.25) is 0 Å². The summed E-state index contributed by atoms with van der Waals surface area (Å²) in [7, 11) is 0. The first-order valence-electron chi connectivity index (χ1n) is 28.1. The highest BCUT2D eigenvalue weighted by Crippen LogP contribution is 2.65. The lowest BCUT2D eigenvalue weighted by Gasteiger charge is -2.52. The van der Waals surface area contributed by atoms with Crippen molar-refractivity contribution >= 4 is 68.6 Å². The number of nitrogens with zero attached hydrogens (tertiary/aromatic N) is 3. The van der Waals surface area contributed by atoms with Crippen molar-refractivity contribution in [2.45, 2.75) is 170 Å². The SMILES string of the molecule is CC1(C)Cc2ccc(N3c4cc5c(cc4B4c6ccc(C(C)(C)C)cc6N(c6cccc(C(C)(C)C)c6)c6cc(N7c8ccc(C(C)(C)C)cc8C8(C)CCc9ccccc9C78C)cc3c64)CC(C)(C)C5)cc2C1. The molecule has 376 valence electrons. The molecule has 3 aliphatic heterocycles. The average molecular weight is 972 g/mol. The van der Waals surface area contributed by atoms with E-state index in [1.165, 1.54) is 118 Å². The summed E-state index contributed by atoms with van der Waals surface area (Å²) in [6, 6.07) is 52.1. The van der Waals surface area contributed by atoms with E-state index in [9.17, 15) is 0 Å². The van der Waals surface area contributed by atoms with Gasteiger partial charge in [0.05, 0.1) is 5.54 Å². The number of hydrogen-bond donors (Lipinski definition) is 0. The van der Waals surface area contributed by atoms with Crippen LogP contribution in [0.15, 0.2) is 127 Å². The molecule has 7 aromatic rings. The smallest absolute Gasteiger partial charge is 0.252 e. The summed E-state index contributed by atoms with van der Waals surface area (Å²) in [6.45, 7) is 36.3. The van der Waals surface area contributed by atoms with Crippen LogP contribution in [0.4, 0.5) is 45.5 Å². The van der Waals surface area contributed by atoms with Gasteiger partial charge in [-0.25, -0.2) is 0 Å². The summed E-state index contributed by atoms with van der Waals surface area (Å²) in [5.41, 5.74) is 28.8. The van der Waals surface area contributed by atoms with Crippen LogP contribution in [0.5, 0.6) is 0 Å². The predicted molar refractivity (Wildman–Crippen MR) is 317 cm³/mol. The molecule has 0 spiro atoms. The first-order valence-corrected chi connectivity index (χ1v) is 28.1. The molecule has 74 heavy (non-hydrogen) atoms. The van der Waals surface area contributed by atoms with Crippen LogP contribution in [0.2, 0.25) is 0 Å². The summed E-state index contributed by atoms with van der Waals surface area (Å²) in [6.07, 6.45) is 6.55. The lowest BCUT2D eigenvalue weighted by Crippen LogP contribution is -2.61. The summed E-state index contributed by atoms with van der Waals surface area (Å²) >= 11 is 0. The molecule has 0 N–H and O–H groups in total. The topological polar surface area (TPSA) is 9.72 Å². The van der Waals surface area contributed by atoms with Crippen molar-refractivity contribution in [1.82, 2.24) is 0 Å². The number of aryl methyl sites for hydroxylation is 1. The molecule has 0 amide bonds. The van der Waals surface area contributed by atoms with Gasteiger partial charge in [0.25, 0.3) is 6.71 Å². The van der Waals surface area contributed by atoms with E-state index in [4.69, 9.17) is 0 Å². The predicted octanol–water partition coefficient (Wildman–Crippen LogP) is 16.2. The van der Waals surface area contributed by atoms with E-state index in [-0.39, 0.29) is 44.7 Å². The Labute approximate surface area is 444 Å². The molecule has 3 aliphatic carbocycles. The zero-order valence-corrected chi connectivity index (χ0v) is 47.3. The second-order valence-corrected chi connectivity index (χ2v) is 28.9.